The molecule has 3 saturated heterocycles. The van der Waals surface area contributed by atoms with E-state index in [0.717, 1.165) is 36.0 Å². The summed E-state index contributed by atoms with van der Waals surface area (Å²) in [5.74, 6) is 1.57. The van der Waals surface area contributed by atoms with Crippen LogP contribution in [0, 0.1) is 11.8 Å². The number of phenols is 1. The third kappa shape index (κ3) is 2.42. The number of fused-ring (bicyclic) bond motifs is 4. The second-order valence-electron chi connectivity index (χ2n) is 6.87. The highest BCUT2D eigenvalue weighted by Crippen LogP contribution is 2.41. The van der Waals surface area contributed by atoms with E-state index in [4.69, 9.17) is 5.73 Å². The molecule has 120 valence electrons. The summed E-state index contributed by atoms with van der Waals surface area (Å²) in [6, 6.07) is 7.60. The zero-order valence-corrected chi connectivity index (χ0v) is 13.2. The molecule has 1 aromatic carbocycles. The molecular formula is C19H23N3O. The molecule has 4 heteroatoms. The molecule has 5 unspecified atom stereocenters. The minimum atomic E-state index is -0.0594. The van der Waals surface area contributed by atoms with Gasteiger partial charge in [-0.1, -0.05) is 6.08 Å². The maximum atomic E-state index is 9.83. The lowest BCUT2D eigenvalue weighted by atomic mass is 9.73. The quantitative estimate of drug-likeness (QED) is 0.856. The van der Waals surface area contributed by atoms with Gasteiger partial charge in [0.15, 0.2) is 0 Å². The van der Waals surface area contributed by atoms with Gasteiger partial charge in [-0.05, 0) is 61.1 Å². The number of benzene rings is 1. The number of rotatable bonds is 3. The van der Waals surface area contributed by atoms with Crippen molar-refractivity contribution in [1.82, 2.24) is 9.88 Å². The van der Waals surface area contributed by atoms with Gasteiger partial charge >= 0.3 is 0 Å². The molecule has 5 atom stereocenters. The minimum absolute atomic E-state index is 0.0594. The Hall–Kier alpha value is -1.91. The first-order valence-electron chi connectivity index (χ1n) is 8.37. The van der Waals surface area contributed by atoms with Gasteiger partial charge in [0.1, 0.15) is 5.75 Å². The summed E-state index contributed by atoms with van der Waals surface area (Å²) < 4.78 is 0. The molecule has 3 fully saturated rings. The number of hydrogen-bond acceptors (Lipinski definition) is 4. The van der Waals surface area contributed by atoms with Crippen molar-refractivity contribution in [3.63, 3.8) is 0 Å². The maximum absolute atomic E-state index is 9.83. The van der Waals surface area contributed by atoms with Crippen molar-refractivity contribution >= 4 is 10.9 Å². The van der Waals surface area contributed by atoms with Crippen LogP contribution in [0.25, 0.3) is 10.9 Å². The SMILES string of the molecule is C=CC1CN2CCC1CC2C(N)c1ccnc2ccc(O)cc12. The summed E-state index contributed by atoms with van der Waals surface area (Å²) in [6.45, 7) is 6.18. The second kappa shape index (κ2) is 5.62. The lowest BCUT2D eigenvalue weighted by Gasteiger charge is -2.51. The van der Waals surface area contributed by atoms with Crippen LogP contribution in [0.2, 0.25) is 0 Å². The Labute approximate surface area is 136 Å². The summed E-state index contributed by atoms with van der Waals surface area (Å²) >= 11 is 0. The third-order valence-electron chi connectivity index (χ3n) is 5.69. The molecule has 0 amide bonds. The van der Waals surface area contributed by atoms with Gasteiger partial charge in [0.2, 0.25) is 0 Å². The van der Waals surface area contributed by atoms with E-state index in [-0.39, 0.29) is 11.8 Å². The summed E-state index contributed by atoms with van der Waals surface area (Å²) in [7, 11) is 0. The fourth-order valence-corrected chi connectivity index (χ4v) is 4.40. The summed E-state index contributed by atoms with van der Waals surface area (Å²) in [5, 5.41) is 10.8. The number of nitrogens with two attached hydrogens (primary N) is 1. The normalized spacial score (nSPS) is 31.2. The first-order valence-corrected chi connectivity index (χ1v) is 8.37. The van der Waals surface area contributed by atoms with Crippen LogP contribution in [0.3, 0.4) is 0 Å². The zero-order chi connectivity index (χ0) is 16.0. The van der Waals surface area contributed by atoms with Gasteiger partial charge in [-0.2, -0.15) is 0 Å². The van der Waals surface area contributed by atoms with Gasteiger partial charge in [-0.15, -0.1) is 6.58 Å². The topological polar surface area (TPSA) is 62.4 Å². The third-order valence-corrected chi connectivity index (χ3v) is 5.69. The molecule has 3 aliphatic rings. The molecule has 4 nitrogen and oxygen atoms in total. The molecule has 3 N–H and O–H groups in total. The summed E-state index contributed by atoms with van der Waals surface area (Å²) in [4.78, 5) is 6.91. The van der Waals surface area contributed by atoms with Gasteiger partial charge in [0.05, 0.1) is 5.52 Å². The molecule has 0 saturated carbocycles. The fourth-order valence-electron chi connectivity index (χ4n) is 4.40. The van der Waals surface area contributed by atoms with Crippen LogP contribution in [0.1, 0.15) is 24.4 Å². The number of pyridine rings is 1. The van der Waals surface area contributed by atoms with Crippen molar-refractivity contribution in [1.29, 1.82) is 0 Å². The van der Waals surface area contributed by atoms with E-state index >= 15 is 0 Å². The Bertz CT molecular complexity index is 744. The van der Waals surface area contributed by atoms with Crippen molar-refractivity contribution in [2.24, 2.45) is 17.6 Å². The van der Waals surface area contributed by atoms with E-state index in [1.54, 1.807) is 12.1 Å². The molecule has 0 aliphatic carbocycles. The number of aromatic hydroxyl groups is 1. The van der Waals surface area contributed by atoms with Crippen LogP contribution in [0.5, 0.6) is 5.75 Å². The predicted molar refractivity (Wildman–Crippen MR) is 92.1 cm³/mol. The van der Waals surface area contributed by atoms with Crippen molar-refractivity contribution in [3.8, 4) is 5.75 Å². The molecule has 3 aliphatic heterocycles. The van der Waals surface area contributed by atoms with E-state index in [0.29, 0.717) is 17.9 Å². The fraction of sp³-hybridized carbons (Fsp3) is 0.421. The monoisotopic (exact) mass is 309 g/mol. The molecule has 2 bridgehead atoms. The Kier molecular flexibility index (Phi) is 3.58. The van der Waals surface area contributed by atoms with Crippen molar-refractivity contribution < 1.29 is 5.11 Å². The molecule has 1 aromatic heterocycles. The molecule has 2 aromatic rings. The minimum Gasteiger partial charge on any atom is -0.508 e. The Morgan fingerprint density at radius 3 is 3.00 bits per heavy atom. The molecule has 0 radical (unpaired) electrons. The van der Waals surface area contributed by atoms with Crippen molar-refractivity contribution in [3.05, 3.63) is 48.7 Å². The van der Waals surface area contributed by atoms with Crippen LogP contribution in [-0.4, -0.2) is 34.1 Å². The molecule has 0 spiro atoms. The maximum Gasteiger partial charge on any atom is 0.116 e. The lowest BCUT2D eigenvalue weighted by Crippen LogP contribution is -2.56. The van der Waals surface area contributed by atoms with Crippen molar-refractivity contribution in [2.75, 3.05) is 13.1 Å². The standard InChI is InChI=1S/C19H23N3O/c1-2-12-11-22-8-6-13(12)9-18(22)19(20)15-5-7-21-17-4-3-14(23)10-16(15)17/h2-5,7,10,12-13,18-19,23H,1,6,8-9,11,20H2. The van der Waals surface area contributed by atoms with E-state index in [1.165, 1.54) is 6.42 Å². The van der Waals surface area contributed by atoms with E-state index < -0.39 is 0 Å². The van der Waals surface area contributed by atoms with Gasteiger partial charge in [0.25, 0.3) is 0 Å². The zero-order valence-electron chi connectivity index (χ0n) is 13.2. The number of nitrogens with zero attached hydrogens (tertiary/aromatic N) is 2. The Balaban J connectivity index is 1.69. The van der Waals surface area contributed by atoms with Crippen molar-refractivity contribution in [2.45, 2.75) is 24.9 Å². The largest absolute Gasteiger partial charge is 0.508 e. The molecular weight excluding hydrogens is 286 g/mol. The first kappa shape index (κ1) is 14.7. The van der Waals surface area contributed by atoms with Crippen LogP contribution >= 0.6 is 0 Å². The number of hydrogen-bond donors (Lipinski definition) is 2. The summed E-state index contributed by atoms with van der Waals surface area (Å²) in [5.41, 5.74) is 8.65. The lowest BCUT2D eigenvalue weighted by molar-refractivity contribution is 0.00749. The number of aromatic nitrogens is 1. The smallest absolute Gasteiger partial charge is 0.116 e. The number of piperidine rings is 3. The van der Waals surface area contributed by atoms with Crippen LogP contribution in [0.15, 0.2) is 43.1 Å². The van der Waals surface area contributed by atoms with Gasteiger partial charge in [-0.3, -0.25) is 9.88 Å². The van der Waals surface area contributed by atoms with E-state index in [1.807, 2.05) is 18.3 Å². The van der Waals surface area contributed by atoms with Gasteiger partial charge in [-0.25, -0.2) is 0 Å². The Morgan fingerprint density at radius 2 is 2.26 bits per heavy atom. The second-order valence-corrected chi connectivity index (χ2v) is 6.87. The van der Waals surface area contributed by atoms with Crippen LogP contribution in [0.4, 0.5) is 0 Å². The van der Waals surface area contributed by atoms with Crippen LogP contribution in [-0.2, 0) is 0 Å². The Morgan fingerprint density at radius 1 is 1.39 bits per heavy atom. The number of phenolic OH excluding ortho intramolecular Hbond substituents is 1. The molecule has 23 heavy (non-hydrogen) atoms. The molecule has 5 rings (SSSR count). The average molecular weight is 309 g/mol. The average Bonchev–Trinajstić information content (AvgIpc) is 2.60. The first-order chi connectivity index (χ1) is 11.2. The van der Waals surface area contributed by atoms with Gasteiger partial charge < -0.3 is 10.8 Å². The predicted octanol–water partition coefficient (Wildman–Crippen LogP) is 2.84. The van der Waals surface area contributed by atoms with Gasteiger partial charge in [0, 0.05) is 30.2 Å². The highest BCUT2D eigenvalue weighted by atomic mass is 16.3. The highest BCUT2D eigenvalue weighted by Gasteiger charge is 2.41. The molecule has 4 heterocycles. The van der Waals surface area contributed by atoms with E-state index in [2.05, 4.69) is 22.5 Å². The summed E-state index contributed by atoms with van der Waals surface area (Å²) in [6.07, 6.45) is 6.30. The van der Waals surface area contributed by atoms with Crippen LogP contribution < -0.4 is 5.73 Å². The highest BCUT2D eigenvalue weighted by molar-refractivity contribution is 5.83. The van der Waals surface area contributed by atoms with E-state index in [9.17, 15) is 5.11 Å².